The maximum atomic E-state index is 12.7. The van der Waals surface area contributed by atoms with Gasteiger partial charge in [-0.2, -0.15) is 4.31 Å². The molecule has 2 aliphatic rings. The normalized spacial score (nSPS) is 18.9. The Morgan fingerprint density at radius 3 is 2.15 bits per heavy atom. The van der Waals surface area contributed by atoms with Crippen molar-refractivity contribution in [2.45, 2.75) is 31.1 Å². The second-order valence-corrected chi connectivity index (χ2v) is 10.5. The first-order chi connectivity index (χ1) is 15.9. The second kappa shape index (κ2) is 12.5. The van der Waals surface area contributed by atoms with Crippen LogP contribution < -0.4 is 5.32 Å². The van der Waals surface area contributed by atoms with Crippen molar-refractivity contribution in [1.82, 2.24) is 24.3 Å². The first kappa shape index (κ1) is 25.6. The van der Waals surface area contributed by atoms with E-state index in [9.17, 15) is 18.0 Å². The van der Waals surface area contributed by atoms with Crippen molar-refractivity contribution in [3.05, 3.63) is 30.3 Å². The topological polar surface area (TPSA) is 93.3 Å². The van der Waals surface area contributed by atoms with E-state index in [0.717, 1.165) is 45.7 Å². The van der Waals surface area contributed by atoms with Gasteiger partial charge in [0.05, 0.1) is 4.90 Å². The summed E-state index contributed by atoms with van der Waals surface area (Å²) in [5, 5.41) is 2.91. The summed E-state index contributed by atoms with van der Waals surface area (Å²) in [6.45, 7) is 10.5. The molecule has 0 atom stereocenters. The third kappa shape index (κ3) is 7.49. The zero-order valence-electron chi connectivity index (χ0n) is 19.6. The first-order valence-corrected chi connectivity index (χ1v) is 13.4. The molecule has 2 saturated heterocycles. The lowest BCUT2D eigenvalue weighted by molar-refractivity contribution is -0.134. The Kier molecular flexibility index (Phi) is 9.66. The molecule has 0 unspecified atom stereocenters. The van der Waals surface area contributed by atoms with Gasteiger partial charge >= 0.3 is 0 Å². The van der Waals surface area contributed by atoms with Gasteiger partial charge in [-0.25, -0.2) is 8.42 Å². The quantitative estimate of drug-likeness (QED) is 0.490. The van der Waals surface area contributed by atoms with Gasteiger partial charge in [-0.1, -0.05) is 25.1 Å². The number of hydrogen-bond acceptors (Lipinski definition) is 6. The molecule has 2 amide bonds. The van der Waals surface area contributed by atoms with Gasteiger partial charge in [0.15, 0.2) is 0 Å². The van der Waals surface area contributed by atoms with Crippen molar-refractivity contribution in [3.63, 3.8) is 0 Å². The van der Waals surface area contributed by atoms with Crippen LogP contribution >= 0.6 is 0 Å². The van der Waals surface area contributed by atoms with Crippen LogP contribution in [0.1, 0.15) is 26.2 Å². The minimum atomic E-state index is -3.54. The van der Waals surface area contributed by atoms with Gasteiger partial charge in [0.25, 0.3) is 0 Å². The average molecular weight is 480 g/mol. The van der Waals surface area contributed by atoms with Crippen LogP contribution in [0, 0.1) is 0 Å². The molecule has 0 saturated carbocycles. The highest BCUT2D eigenvalue weighted by Gasteiger charge is 2.30. The lowest BCUT2D eigenvalue weighted by Gasteiger charge is -2.34. The van der Waals surface area contributed by atoms with E-state index < -0.39 is 10.0 Å². The zero-order chi connectivity index (χ0) is 23.7. The van der Waals surface area contributed by atoms with Gasteiger partial charge in [-0.3, -0.25) is 9.59 Å². The summed E-state index contributed by atoms with van der Waals surface area (Å²) in [5.41, 5.74) is 0. The Morgan fingerprint density at radius 2 is 1.52 bits per heavy atom. The minimum absolute atomic E-state index is 0.101. The molecular weight excluding hydrogens is 442 g/mol. The number of sulfonamides is 1. The average Bonchev–Trinajstić information content (AvgIpc) is 2.86. The number of rotatable bonds is 10. The van der Waals surface area contributed by atoms with Gasteiger partial charge in [0, 0.05) is 71.7 Å². The number of hydrogen-bond donors (Lipinski definition) is 1. The highest BCUT2D eigenvalue weighted by Crippen LogP contribution is 2.17. The van der Waals surface area contributed by atoms with Gasteiger partial charge in [0.2, 0.25) is 21.8 Å². The number of carbonyl (C=O) groups excluding carboxylic acids is 2. The maximum Gasteiger partial charge on any atom is 0.243 e. The van der Waals surface area contributed by atoms with Crippen molar-refractivity contribution in [2.24, 2.45) is 0 Å². The number of carbonyl (C=O) groups is 2. The molecule has 9 nitrogen and oxygen atoms in total. The lowest BCUT2D eigenvalue weighted by Crippen LogP contribution is -2.50. The summed E-state index contributed by atoms with van der Waals surface area (Å²) in [7, 11) is -3.54. The monoisotopic (exact) mass is 479 g/mol. The maximum absolute atomic E-state index is 12.7. The Hall–Kier alpha value is -2.01. The van der Waals surface area contributed by atoms with Crippen LogP contribution in [-0.4, -0.2) is 111 Å². The third-order valence-electron chi connectivity index (χ3n) is 6.42. The van der Waals surface area contributed by atoms with E-state index in [-0.39, 0.29) is 42.6 Å². The predicted octanol–water partition coefficient (Wildman–Crippen LogP) is 0.444. The van der Waals surface area contributed by atoms with Crippen LogP contribution in [0.25, 0.3) is 0 Å². The molecule has 0 spiro atoms. The summed E-state index contributed by atoms with van der Waals surface area (Å²) in [6, 6.07) is 8.34. The summed E-state index contributed by atoms with van der Waals surface area (Å²) >= 11 is 0. The molecular formula is C23H37N5O4S. The SMILES string of the molecule is CCN1CCN(CCCNC(=O)CCC(=O)N2CCN(S(=O)(=O)c3ccccc3)CC2)CC1. The van der Waals surface area contributed by atoms with E-state index >= 15 is 0 Å². The molecule has 0 radical (unpaired) electrons. The van der Waals surface area contributed by atoms with Crippen LogP contribution in [0.5, 0.6) is 0 Å². The second-order valence-electron chi connectivity index (χ2n) is 8.58. The van der Waals surface area contributed by atoms with E-state index in [1.165, 1.54) is 4.31 Å². The van der Waals surface area contributed by atoms with Gasteiger partial charge in [0.1, 0.15) is 0 Å². The Bertz CT molecular complexity index is 864. The summed E-state index contributed by atoms with van der Waals surface area (Å²) in [4.78, 5) is 31.4. The van der Waals surface area contributed by atoms with Gasteiger partial charge < -0.3 is 20.0 Å². The molecule has 2 aliphatic heterocycles. The highest BCUT2D eigenvalue weighted by atomic mass is 32.2. The van der Waals surface area contributed by atoms with Crippen molar-refractivity contribution in [2.75, 3.05) is 72.0 Å². The van der Waals surface area contributed by atoms with Crippen molar-refractivity contribution < 1.29 is 18.0 Å². The molecule has 33 heavy (non-hydrogen) atoms. The fourth-order valence-corrected chi connectivity index (χ4v) is 5.69. The molecule has 3 rings (SSSR count). The molecule has 0 aromatic heterocycles. The van der Waals surface area contributed by atoms with Crippen LogP contribution in [0.3, 0.4) is 0 Å². The highest BCUT2D eigenvalue weighted by molar-refractivity contribution is 7.89. The fourth-order valence-electron chi connectivity index (χ4n) is 4.25. The van der Waals surface area contributed by atoms with E-state index in [1.807, 2.05) is 0 Å². The van der Waals surface area contributed by atoms with E-state index in [1.54, 1.807) is 35.2 Å². The van der Waals surface area contributed by atoms with Gasteiger partial charge in [-0.15, -0.1) is 0 Å². The fraction of sp³-hybridized carbons (Fsp3) is 0.652. The smallest absolute Gasteiger partial charge is 0.243 e. The molecule has 2 heterocycles. The van der Waals surface area contributed by atoms with E-state index in [4.69, 9.17) is 0 Å². The van der Waals surface area contributed by atoms with Crippen LogP contribution in [-0.2, 0) is 19.6 Å². The van der Waals surface area contributed by atoms with Crippen LogP contribution in [0.15, 0.2) is 35.2 Å². The van der Waals surface area contributed by atoms with Gasteiger partial charge in [-0.05, 0) is 31.6 Å². The molecule has 1 aromatic carbocycles. The number of nitrogens with one attached hydrogen (secondary N) is 1. The summed E-state index contributed by atoms with van der Waals surface area (Å²) < 4.78 is 26.8. The zero-order valence-corrected chi connectivity index (χ0v) is 20.4. The first-order valence-electron chi connectivity index (χ1n) is 11.9. The van der Waals surface area contributed by atoms with Crippen LogP contribution in [0.2, 0.25) is 0 Å². The molecule has 2 fully saturated rings. The molecule has 184 valence electrons. The molecule has 1 aromatic rings. The molecule has 0 bridgehead atoms. The Balaban J connectivity index is 1.29. The number of amides is 2. The number of nitrogens with zero attached hydrogens (tertiary/aromatic N) is 4. The summed E-state index contributed by atoms with van der Waals surface area (Å²) in [6.07, 6.45) is 1.22. The number of likely N-dealkylation sites (N-methyl/N-ethyl adjacent to an activating group) is 1. The Labute approximate surface area is 197 Å². The van der Waals surface area contributed by atoms with E-state index in [0.29, 0.717) is 19.6 Å². The standard InChI is InChI=1S/C23H37N5O4S/c1-2-25-13-15-26(16-14-25)12-6-11-24-22(29)9-10-23(30)27-17-19-28(20-18-27)33(31,32)21-7-4-3-5-8-21/h3-5,7-8H,2,6,9-20H2,1H3,(H,24,29). The predicted molar refractivity (Wildman–Crippen MR) is 127 cm³/mol. The number of benzene rings is 1. The van der Waals surface area contributed by atoms with Crippen molar-refractivity contribution in [3.8, 4) is 0 Å². The van der Waals surface area contributed by atoms with Crippen molar-refractivity contribution in [1.29, 1.82) is 0 Å². The van der Waals surface area contributed by atoms with E-state index in [2.05, 4.69) is 22.0 Å². The molecule has 1 N–H and O–H groups in total. The molecule has 10 heteroatoms. The summed E-state index contributed by atoms with van der Waals surface area (Å²) in [5.74, 6) is -0.208. The van der Waals surface area contributed by atoms with Crippen LogP contribution in [0.4, 0.5) is 0 Å². The largest absolute Gasteiger partial charge is 0.356 e. The third-order valence-corrected chi connectivity index (χ3v) is 8.34. The minimum Gasteiger partial charge on any atom is -0.356 e. The van der Waals surface area contributed by atoms with Crippen molar-refractivity contribution >= 4 is 21.8 Å². The Morgan fingerprint density at radius 1 is 0.879 bits per heavy atom. The number of piperazine rings is 2. The molecule has 0 aliphatic carbocycles. The lowest BCUT2D eigenvalue weighted by atomic mass is 10.2.